The molecule has 0 aliphatic carbocycles. The quantitative estimate of drug-likeness (QED) is 0.609. The van der Waals surface area contributed by atoms with Gasteiger partial charge in [0.15, 0.2) is 5.69 Å². The van der Waals surface area contributed by atoms with E-state index in [1.165, 1.54) is 0 Å². The molecule has 0 aliphatic heterocycles. The first-order valence-corrected chi connectivity index (χ1v) is 6.85. The Morgan fingerprint density at radius 2 is 1.90 bits per heavy atom. The normalized spacial score (nSPS) is 10.4. The summed E-state index contributed by atoms with van der Waals surface area (Å²) in [6, 6.07) is 13.6. The molecule has 4 heteroatoms. The van der Waals surface area contributed by atoms with Gasteiger partial charge in [-0.15, -0.1) is 0 Å². The Kier molecular flexibility index (Phi) is 3.21. The van der Waals surface area contributed by atoms with Crippen molar-refractivity contribution in [3.63, 3.8) is 0 Å². The Hall–Kier alpha value is -2.25. The van der Waals surface area contributed by atoms with E-state index in [2.05, 4.69) is 25.3 Å². The number of halogens is 1. The first kappa shape index (κ1) is 12.8. The maximum absolute atomic E-state index is 7.09. The van der Waals surface area contributed by atoms with Crippen LogP contribution in [0.3, 0.4) is 0 Å². The highest BCUT2D eigenvalue weighted by Crippen LogP contribution is 2.32. The predicted octanol–water partition coefficient (Wildman–Crippen LogP) is 4.95. The van der Waals surface area contributed by atoms with Gasteiger partial charge in [0.05, 0.1) is 19.2 Å². The fourth-order valence-electron chi connectivity index (χ4n) is 2.20. The van der Waals surface area contributed by atoms with E-state index in [1.54, 1.807) is 7.11 Å². The number of hydrogen-bond acceptors (Lipinski definition) is 1. The first-order valence-electron chi connectivity index (χ1n) is 6.05. The lowest BCUT2D eigenvalue weighted by Gasteiger charge is -2.06. The topological polar surface area (TPSA) is 18.5 Å². The van der Waals surface area contributed by atoms with Gasteiger partial charge in [0.25, 0.3) is 0 Å². The smallest absolute Gasteiger partial charge is 0.188 e. The fourth-order valence-corrected chi connectivity index (χ4v) is 2.73. The van der Waals surface area contributed by atoms with Gasteiger partial charge < -0.3 is 9.30 Å². The van der Waals surface area contributed by atoms with Crippen molar-refractivity contribution in [1.82, 2.24) is 4.57 Å². The highest BCUT2D eigenvalue weighted by Gasteiger charge is 2.09. The molecule has 3 nitrogen and oxygen atoms in total. The Balaban J connectivity index is 2.18. The molecule has 0 amide bonds. The Bertz CT molecular complexity index is 813. The Morgan fingerprint density at radius 1 is 1.15 bits per heavy atom. The van der Waals surface area contributed by atoms with Crippen molar-refractivity contribution in [3.8, 4) is 11.4 Å². The summed E-state index contributed by atoms with van der Waals surface area (Å²) >= 11 is 3.56. The molecule has 0 radical (unpaired) electrons. The number of rotatable bonds is 2. The SMILES string of the molecule is [C-]#[N+]c1ccc2c(c1)c(Br)cn2-c1ccc(OC)cc1. The minimum Gasteiger partial charge on any atom is -0.497 e. The highest BCUT2D eigenvalue weighted by molar-refractivity contribution is 9.10. The summed E-state index contributed by atoms with van der Waals surface area (Å²) < 4.78 is 8.25. The number of fused-ring (bicyclic) bond motifs is 1. The third kappa shape index (κ3) is 2.06. The third-order valence-electron chi connectivity index (χ3n) is 3.22. The van der Waals surface area contributed by atoms with Gasteiger partial charge in [0.1, 0.15) is 5.75 Å². The van der Waals surface area contributed by atoms with E-state index in [0.717, 1.165) is 26.8 Å². The van der Waals surface area contributed by atoms with Crippen molar-refractivity contribution in [1.29, 1.82) is 0 Å². The van der Waals surface area contributed by atoms with Crippen LogP contribution in [0.5, 0.6) is 5.75 Å². The molecule has 3 rings (SSSR count). The molecule has 98 valence electrons. The van der Waals surface area contributed by atoms with E-state index in [1.807, 2.05) is 48.7 Å². The summed E-state index contributed by atoms with van der Waals surface area (Å²) in [7, 11) is 1.66. The van der Waals surface area contributed by atoms with Gasteiger partial charge in [-0.25, -0.2) is 4.85 Å². The average Bonchev–Trinajstić information content (AvgIpc) is 2.84. The van der Waals surface area contributed by atoms with Crippen LogP contribution in [-0.2, 0) is 0 Å². The molecule has 0 spiro atoms. The van der Waals surface area contributed by atoms with Crippen LogP contribution in [0.1, 0.15) is 0 Å². The van der Waals surface area contributed by atoms with Crippen LogP contribution < -0.4 is 4.74 Å². The van der Waals surface area contributed by atoms with Crippen molar-refractivity contribution >= 4 is 32.5 Å². The zero-order valence-electron chi connectivity index (χ0n) is 10.8. The van der Waals surface area contributed by atoms with Crippen LogP contribution >= 0.6 is 15.9 Å². The lowest BCUT2D eigenvalue weighted by Crippen LogP contribution is -1.91. The molecule has 0 N–H and O–H groups in total. The molecular weight excluding hydrogens is 316 g/mol. The summed E-state index contributed by atoms with van der Waals surface area (Å²) in [4.78, 5) is 3.47. The molecule has 0 aliphatic rings. The first-order chi connectivity index (χ1) is 9.72. The second-order valence-corrected chi connectivity index (χ2v) is 5.21. The average molecular weight is 327 g/mol. The molecule has 0 saturated carbocycles. The number of nitrogens with zero attached hydrogens (tertiary/aromatic N) is 2. The van der Waals surface area contributed by atoms with E-state index in [0.29, 0.717) is 5.69 Å². The van der Waals surface area contributed by atoms with Gasteiger partial charge in [-0.2, -0.15) is 0 Å². The van der Waals surface area contributed by atoms with E-state index in [-0.39, 0.29) is 0 Å². The van der Waals surface area contributed by atoms with Gasteiger partial charge in [-0.3, -0.25) is 0 Å². The van der Waals surface area contributed by atoms with Crippen molar-refractivity contribution in [3.05, 3.63) is 64.6 Å². The van der Waals surface area contributed by atoms with Crippen molar-refractivity contribution in [2.45, 2.75) is 0 Å². The number of methoxy groups -OCH3 is 1. The summed E-state index contributed by atoms with van der Waals surface area (Å²) in [6.07, 6.45) is 2.01. The number of ether oxygens (including phenoxy) is 1. The minimum atomic E-state index is 0.644. The fraction of sp³-hybridized carbons (Fsp3) is 0.0625. The zero-order chi connectivity index (χ0) is 14.1. The van der Waals surface area contributed by atoms with Crippen LogP contribution in [0.2, 0.25) is 0 Å². The molecular formula is C16H11BrN2O. The van der Waals surface area contributed by atoms with Gasteiger partial charge in [-0.05, 0) is 52.3 Å². The summed E-state index contributed by atoms with van der Waals surface area (Å²) in [6.45, 7) is 7.09. The zero-order valence-corrected chi connectivity index (χ0v) is 12.4. The third-order valence-corrected chi connectivity index (χ3v) is 3.85. The van der Waals surface area contributed by atoms with E-state index < -0.39 is 0 Å². The molecule has 20 heavy (non-hydrogen) atoms. The van der Waals surface area contributed by atoms with Crippen LogP contribution in [0, 0.1) is 6.57 Å². The van der Waals surface area contributed by atoms with Crippen LogP contribution in [0.15, 0.2) is 53.1 Å². The molecule has 0 unspecified atom stereocenters. The molecule has 0 atom stereocenters. The lowest BCUT2D eigenvalue weighted by atomic mass is 10.2. The van der Waals surface area contributed by atoms with E-state index in [4.69, 9.17) is 11.3 Å². The standard InChI is InChI=1S/C16H11BrN2O/c1-18-11-3-8-16-14(9-11)15(17)10-19(16)12-4-6-13(20-2)7-5-12/h3-10H,2H3. The molecule has 2 aromatic carbocycles. The monoisotopic (exact) mass is 326 g/mol. The van der Waals surface area contributed by atoms with Gasteiger partial charge in [0.2, 0.25) is 0 Å². The highest BCUT2D eigenvalue weighted by atomic mass is 79.9. The molecule has 0 fully saturated rings. The largest absolute Gasteiger partial charge is 0.497 e. The van der Waals surface area contributed by atoms with Gasteiger partial charge in [-0.1, -0.05) is 6.07 Å². The summed E-state index contributed by atoms with van der Waals surface area (Å²) in [5.74, 6) is 0.833. The van der Waals surface area contributed by atoms with Crippen molar-refractivity contribution in [2.75, 3.05) is 7.11 Å². The number of aromatic nitrogens is 1. The second-order valence-electron chi connectivity index (χ2n) is 4.36. The van der Waals surface area contributed by atoms with Crippen LogP contribution in [0.4, 0.5) is 5.69 Å². The second kappa shape index (κ2) is 5.03. The molecule has 1 aromatic heterocycles. The minimum absolute atomic E-state index is 0.644. The Labute approximate surface area is 125 Å². The van der Waals surface area contributed by atoms with Crippen molar-refractivity contribution < 1.29 is 4.74 Å². The Morgan fingerprint density at radius 3 is 2.55 bits per heavy atom. The molecule has 1 heterocycles. The number of hydrogen-bond donors (Lipinski definition) is 0. The maximum atomic E-state index is 7.09. The molecule has 0 saturated heterocycles. The number of benzene rings is 2. The van der Waals surface area contributed by atoms with E-state index >= 15 is 0 Å². The predicted molar refractivity (Wildman–Crippen MR) is 83.8 cm³/mol. The lowest BCUT2D eigenvalue weighted by molar-refractivity contribution is 0.415. The summed E-state index contributed by atoms with van der Waals surface area (Å²) in [5, 5.41) is 1.04. The molecule has 0 bridgehead atoms. The molecule has 3 aromatic rings. The van der Waals surface area contributed by atoms with Gasteiger partial charge >= 0.3 is 0 Å². The summed E-state index contributed by atoms with van der Waals surface area (Å²) in [5.41, 5.74) is 2.76. The van der Waals surface area contributed by atoms with Gasteiger partial charge in [0, 0.05) is 21.7 Å². The van der Waals surface area contributed by atoms with Crippen molar-refractivity contribution in [2.24, 2.45) is 0 Å². The van der Waals surface area contributed by atoms with Crippen LogP contribution in [0.25, 0.3) is 21.4 Å². The van der Waals surface area contributed by atoms with E-state index in [9.17, 15) is 0 Å². The van der Waals surface area contributed by atoms with Crippen LogP contribution in [-0.4, -0.2) is 11.7 Å². The maximum Gasteiger partial charge on any atom is 0.188 e.